The number of rotatable bonds is 4. The second-order valence-corrected chi connectivity index (χ2v) is 5.35. The van der Waals surface area contributed by atoms with Gasteiger partial charge in [-0.05, 0) is 36.3 Å². The molecule has 0 fully saturated rings. The molecule has 0 aromatic heterocycles. The summed E-state index contributed by atoms with van der Waals surface area (Å²) in [6, 6.07) is 14.3. The van der Waals surface area contributed by atoms with Crippen molar-refractivity contribution in [2.24, 2.45) is 0 Å². The quantitative estimate of drug-likeness (QED) is 0.444. The first-order valence-electron chi connectivity index (χ1n) is 7.78. The predicted molar refractivity (Wildman–Crippen MR) is 98.1 cm³/mol. The molecule has 0 saturated heterocycles. The van der Waals surface area contributed by atoms with Crippen molar-refractivity contribution in [3.05, 3.63) is 65.7 Å². The number of benzene rings is 2. The lowest BCUT2D eigenvalue weighted by Crippen LogP contribution is -2.46. The van der Waals surface area contributed by atoms with Gasteiger partial charge < -0.3 is 10.1 Å². The van der Waals surface area contributed by atoms with E-state index in [4.69, 9.17) is 4.74 Å². The molecule has 134 valence electrons. The van der Waals surface area contributed by atoms with E-state index in [9.17, 15) is 14.4 Å². The summed E-state index contributed by atoms with van der Waals surface area (Å²) >= 11 is 0. The number of aryl methyl sites for hydroxylation is 1. The monoisotopic (exact) mass is 353 g/mol. The Hall–Kier alpha value is -3.61. The molecule has 26 heavy (non-hydrogen) atoms. The number of methoxy groups -OCH3 is 1. The van der Waals surface area contributed by atoms with Gasteiger partial charge in [0.25, 0.3) is 5.91 Å². The number of carbonyl (C=O) groups excluding carboxylic acids is 3. The summed E-state index contributed by atoms with van der Waals surface area (Å²) in [5, 5.41) is 2.44. The second kappa shape index (κ2) is 9.03. The molecule has 0 spiro atoms. The Kier molecular flexibility index (Phi) is 6.50. The first-order chi connectivity index (χ1) is 12.5. The van der Waals surface area contributed by atoms with E-state index < -0.39 is 17.7 Å². The topological polar surface area (TPSA) is 96.5 Å². The SMILES string of the molecule is COc1ccc(C)cc1NC(=O)C(=O)NNC(=O)C=Cc1ccccc1. The van der Waals surface area contributed by atoms with E-state index in [-0.39, 0.29) is 0 Å². The zero-order valence-corrected chi connectivity index (χ0v) is 14.4. The fraction of sp³-hybridized carbons (Fsp3) is 0.105. The maximum atomic E-state index is 11.9. The number of hydrogen-bond acceptors (Lipinski definition) is 4. The van der Waals surface area contributed by atoms with Crippen LogP contribution in [0.15, 0.2) is 54.6 Å². The Labute approximate surface area is 151 Å². The van der Waals surface area contributed by atoms with Crippen LogP contribution >= 0.6 is 0 Å². The lowest BCUT2D eigenvalue weighted by molar-refractivity contribution is -0.137. The van der Waals surface area contributed by atoms with E-state index in [1.54, 1.807) is 18.2 Å². The largest absolute Gasteiger partial charge is 0.495 e. The van der Waals surface area contributed by atoms with Gasteiger partial charge >= 0.3 is 11.8 Å². The average Bonchev–Trinajstić information content (AvgIpc) is 2.65. The number of amides is 3. The van der Waals surface area contributed by atoms with Crippen molar-refractivity contribution in [1.29, 1.82) is 0 Å². The first-order valence-corrected chi connectivity index (χ1v) is 7.78. The fourth-order valence-corrected chi connectivity index (χ4v) is 2.05. The average molecular weight is 353 g/mol. The Balaban J connectivity index is 1.87. The molecule has 0 atom stereocenters. The van der Waals surface area contributed by atoms with Crippen molar-refractivity contribution in [3.8, 4) is 5.75 Å². The van der Waals surface area contributed by atoms with Gasteiger partial charge in [0.05, 0.1) is 12.8 Å². The predicted octanol–water partition coefficient (Wildman–Crippen LogP) is 1.80. The molecule has 3 N–H and O–H groups in total. The van der Waals surface area contributed by atoms with E-state index in [1.165, 1.54) is 13.2 Å². The molecule has 0 aliphatic heterocycles. The summed E-state index contributed by atoms with van der Waals surface area (Å²) in [7, 11) is 1.46. The Morgan fingerprint density at radius 3 is 2.38 bits per heavy atom. The molecule has 7 nitrogen and oxygen atoms in total. The highest BCUT2D eigenvalue weighted by Crippen LogP contribution is 2.24. The van der Waals surface area contributed by atoms with Crippen molar-refractivity contribution in [1.82, 2.24) is 10.9 Å². The van der Waals surface area contributed by atoms with Gasteiger partial charge in [-0.1, -0.05) is 36.4 Å². The maximum absolute atomic E-state index is 11.9. The van der Waals surface area contributed by atoms with Crippen LogP contribution in [0.5, 0.6) is 5.75 Å². The van der Waals surface area contributed by atoms with Crippen LogP contribution < -0.4 is 20.9 Å². The van der Waals surface area contributed by atoms with Gasteiger partial charge in [-0.2, -0.15) is 0 Å². The van der Waals surface area contributed by atoms with Crippen LogP contribution in [0.4, 0.5) is 5.69 Å². The number of anilines is 1. The highest BCUT2D eigenvalue weighted by atomic mass is 16.5. The number of hydrogen-bond donors (Lipinski definition) is 3. The molecule has 0 radical (unpaired) electrons. The van der Waals surface area contributed by atoms with E-state index in [0.717, 1.165) is 11.1 Å². The van der Waals surface area contributed by atoms with E-state index in [2.05, 4.69) is 10.7 Å². The van der Waals surface area contributed by atoms with Crippen LogP contribution in [0, 0.1) is 6.92 Å². The van der Waals surface area contributed by atoms with E-state index in [0.29, 0.717) is 11.4 Å². The second-order valence-electron chi connectivity index (χ2n) is 5.35. The smallest absolute Gasteiger partial charge is 0.328 e. The molecule has 3 amide bonds. The van der Waals surface area contributed by atoms with Crippen LogP contribution in [-0.4, -0.2) is 24.8 Å². The Morgan fingerprint density at radius 2 is 1.69 bits per heavy atom. The van der Waals surface area contributed by atoms with Crippen LogP contribution in [-0.2, 0) is 14.4 Å². The van der Waals surface area contributed by atoms with Gasteiger partial charge in [-0.15, -0.1) is 0 Å². The van der Waals surface area contributed by atoms with Gasteiger partial charge in [0.2, 0.25) is 0 Å². The van der Waals surface area contributed by atoms with Gasteiger partial charge in [0.1, 0.15) is 5.75 Å². The molecule has 2 rings (SSSR count). The van der Waals surface area contributed by atoms with Gasteiger partial charge in [0, 0.05) is 6.08 Å². The summed E-state index contributed by atoms with van der Waals surface area (Å²) in [6.07, 6.45) is 2.83. The minimum absolute atomic E-state index is 0.364. The normalized spacial score (nSPS) is 10.2. The standard InChI is InChI=1S/C19H19N3O4/c1-13-8-10-16(26-2)15(12-13)20-18(24)19(25)22-21-17(23)11-9-14-6-4-3-5-7-14/h3-12H,1-2H3,(H,20,24)(H,21,23)(H,22,25). The van der Waals surface area contributed by atoms with Crippen molar-refractivity contribution in [2.75, 3.05) is 12.4 Å². The van der Waals surface area contributed by atoms with Gasteiger partial charge in [-0.25, -0.2) is 0 Å². The molecular formula is C19H19N3O4. The van der Waals surface area contributed by atoms with Crippen molar-refractivity contribution < 1.29 is 19.1 Å². The van der Waals surface area contributed by atoms with E-state index >= 15 is 0 Å². The molecule has 7 heteroatoms. The molecule has 0 unspecified atom stereocenters. The summed E-state index contributed by atoms with van der Waals surface area (Å²) in [4.78, 5) is 35.4. The minimum atomic E-state index is -1.00. The van der Waals surface area contributed by atoms with Crippen molar-refractivity contribution in [2.45, 2.75) is 6.92 Å². The van der Waals surface area contributed by atoms with Crippen LogP contribution in [0.25, 0.3) is 6.08 Å². The highest BCUT2D eigenvalue weighted by molar-refractivity contribution is 6.39. The third-order valence-corrected chi connectivity index (χ3v) is 3.34. The van der Waals surface area contributed by atoms with Gasteiger partial charge in [0.15, 0.2) is 0 Å². The summed E-state index contributed by atoms with van der Waals surface area (Å²) < 4.78 is 5.13. The number of carbonyl (C=O) groups is 3. The molecular weight excluding hydrogens is 334 g/mol. The summed E-state index contributed by atoms with van der Waals surface area (Å²) in [5.74, 6) is -2.08. The lowest BCUT2D eigenvalue weighted by Gasteiger charge is -2.11. The van der Waals surface area contributed by atoms with Crippen LogP contribution in [0.3, 0.4) is 0 Å². The molecule has 0 heterocycles. The molecule has 0 aliphatic rings. The van der Waals surface area contributed by atoms with Gasteiger partial charge in [-0.3, -0.25) is 25.2 Å². The highest BCUT2D eigenvalue weighted by Gasteiger charge is 2.16. The van der Waals surface area contributed by atoms with Crippen LogP contribution in [0.1, 0.15) is 11.1 Å². The maximum Gasteiger partial charge on any atom is 0.328 e. The Bertz CT molecular complexity index is 832. The summed E-state index contributed by atoms with van der Waals surface area (Å²) in [5.41, 5.74) is 6.28. The lowest BCUT2D eigenvalue weighted by atomic mass is 10.2. The first kappa shape index (κ1) is 18.7. The fourth-order valence-electron chi connectivity index (χ4n) is 2.05. The van der Waals surface area contributed by atoms with Crippen molar-refractivity contribution in [3.63, 3.8) is 0 Å². The number of hydrazine groups is 1. The molecule has 2 aromatic carbocycles. The van der Waals surface area contributed by atoms with Crippen molar-refractivity contribution >= 4 is 29.5 Å². The minimum Gasteiger partial charge on any atom is -0.495 e. The number of ether oxygens (including phenoxy) is 1. The molecule has 2 aromatic rings. The molecule has 0 saturated carbocycles. The molecule has 0 bridgehead atoms. The zero-order chi connectivity index (χ0) is 18.9. The Morgan fingerprint density at radius 1 is 0.962 bits per heavy atom. The third kappa shape index (κ3) is 5.48. The summed E-state index contributed by atoms with van der Waals surface area (Å²) in [6.45, 7) is 1.84. The number of nitrogens with one attached hydrogen (secondary N) is 3. The molecule has 0 aliphatic carbocycles. The zero-order valence-electron chi connectivity index (χ0n) is 14.4. The van der Waals surface area contributed by atoms with E-state index in [1.807, 2.05) is 48.7 Å². The third-order valence-electron chi connectivity index (χ3n) is 3.34. The van der Waals surface area contributed by atoms with Crippen LogP contribution in [0.2, 0.25) is 0 Å².